The van der Waals surface area contributed by atoms with Crippen molar-refractivity contribution in [1.82, 2.24) is 0 Å². The SMILES string of the molecule is Oc1ccccc1-c1ccccc1-c1ccccc1-c1ccccc1O. The molecular weight excluding hydrogens is 320 g/mol. The van der Waals surface area contributed by atoms with Crippen LogP contribution in [0.15, 0.2) is 97.1 Å². The molecule has 2 heteroatoms. The second-order valence-corrected chi connectivity index (χ2v) is 6.13. The highest BCUT2D eigenvalue weighted by Crippen LogP contribution is 2.42. The quantitative estimate of drug-likeness (QED) is 0.474. The summed E-state index contributed by atoms with van der Waals surface area (Å²) < 4.78 is 0. The first kappa shape index (κ1) is 16.0. The van der Waals surface area contributed by atoms with Crippen LogP contribution in [-0.4, -0.2) is 10.2 Å². The fourth-order valence-corrected chi connectivity index (χ4v) is 3.31. The van der Waals surface area contributed by atoms with Gasteiger partial charge in [-0.3, -0.25) is 0 Å². The minimum Gasteiger partial charge on any atom is -0.507 e. The fraction of sp³-hybridized carbons (Fsp3) is 0. The second-order valence-electron chi connectivity index (χ2n) is 6.13. The van der Waals surface area contributed by atoms with Gasteiger partial charge in [0.2, 0.25) is 0 Å². The van der Waals surface area contributed by atoms with Crippen molar-refractivity contribution in [3.8, 4) is 44.9 Å². The molecule has 126 valence electrons. The van der Waals surface area contributed by atoms with E-state index in [0.29, 0.717) is 0 Å². The van der Waals surface area contributed by atoms with E-state index in [-0.39, 0.29) is 11.5 Å². The zero-order valence-electron chi connectivity index (χ0n) is 14.1. The normalized spacial score (nSPS) is 10.6. The van der Waals surface area contributed by atoms with Crippen molar-refractivity contribution in [2.24, 2.45) is 0 Å². The van der Waals surface area contributed by atoms with Crippen molar-refractivity contribution in [2.75, 3.05) is 0 Å². The Morgan fingerprint density at radius 3 is 0.846 bits per heavy atom. The monoisotopic (exact) mass is 338 g/mol. The molecule has 0 heterocycles. The maximum Gasteiger partial charge on any atom is 0.123 e. The third kappa shape index (κ3) is 2.82. The third-order valence-electron chi connectivity index (χ3n) is 4.53. The Morgan fingerprint density at radius 2 is 0.538 bits per heavy atom. The van der Waals surface area contributed by atoms with Gasteiger partial charge in [0.15, 0.2) is 0 Å². The number of aromatic hydroxyl groups is 2. The molecule has 4 aromatic carbocycles. The highest BCUT2D eigenvalue weighted by molar-refractivity contribution is 5.93. The van der Waals surface area contributed by atoms with Crippen LogP contribution < -0.4 is 0 Å². The summed E-state index contributed by atoms with van der Waals surface area (Å²) in [5, 5.41) is 20.7. The molecule has 2 nitrogen and oxygen atoms in total. The van der Waals surface area contributed by atoms with Gasteiger partial charge in [0, 0.05) is 11.1 Å². The average molecular weight is 338 g/mol. The Balaban J connectivity index is 1.97. The molecular formula is C24H18O2. The molecule has 0 saturated heterocycles. The van der Waals surface area contributed by atoms with Crippen molar-refractivity contribution < 1.29 is 10.2 Å². The number of hydrogen-bond donors (Lipinski definition) is 2. The van der Waals surface area contributed by atoms with Crippen molar-refractivity contribution in [2.45, 2.75) is 0 Å². The van der Waals surface area contributed by atoms with Crippen molar-refractivity contribution in [1.29, 1.82) is 0 Å². The van der Waals surface area contributed by atoms with Crippen LogP contribution in [0.5, 0.6) is 11.5 Å². The van der Waals surface area contributed by atoms with Gasteiger partial charge >= 0.3 is 0 Å². The molecule has 0 unspecified atom stereocenters. The smallest absolute Gasteiger partial charge is 0.123 e. The van der Waals surface area contributed by atoms with Crippen molar-refractivity contribution in [3.63, 3.8) is 0 Å². The highest BCUT2D eigenvalue weighted by atomic mass is 16.3. The van der Waals surface area contributed by atoms with Crippen LogP contribution in [-0.2, 0) is 0 Å². The van der Waals surface area contributed by atoms with Gasteiger partial charge < -0.3 is 10.2 Å². The molecule has 0 aliphatic carbocycles. The van der Waals surface area contributed by atoms with Crippen LogP contribution >= 0.6 is 0 Å². The summed E-state index contributed by atoms with van der Waals surface area (Å²) in [6.45, 7) is 0. The van der Waals surface area contributed by atoms with E-state index in [1.165, 1.54) is 0 Å². The second kappa shape index (κ2) is 6.77. The molecule has 0 fully saturated rings. The fourth-order valence-electron chi connectivity index (χ4n) is 3.31. The van der Waals surface area contributed by atoms with E-state index in [4.69, 9.17) is 0 Å². The third-order valence-corrected chi connectivity index (χ3v) is 4.53. The van der Waals surface area contributed by atoms with Gasteiger partial charge in [-0.2, -0.15) is 0 Å². The maximum atomic E-state index is 10.3. The van der Waals surface area contributed by atoms with E-state index in [1.807, 2.05) is 84.9 Å². The average Bonchev–Trinajstić information content (AvgIpc) is 2.69. The molecule has 0 aliphatic heterocycles. The van der Waals surface area contributed by atoms with Crippen LogP contribution in [0, 0.1) is 0 Å². The summed E-state index contributed by atoms with van der Waals surface area (Å²) in [6.07, 6.45) is 0. The Bertz CT molecular complexity index is 980. The number of phenols is 2. The van der Waals surface area contributed by atoms with E-state index in [0.717, 1.165) is 33.4 Å². The number of phenolic OH excluding ortho intramolecular Hbond substituents is 2. The number of benzene rings is 4. The number of hydrogen-bond acceptors (Lipinski definition) is 2. The lowest BCUT2D eigenvalue weighted by molar-refractivity contribution is 0.477. The lowest BCUT2D eigenvalue weighted by Crippen LogP contribution is -1.89. The van der Waals surface area contributed by atoms with Crippen LogP contribution in [0.1, 0.15) is 0 Å². The number of para-hydroxylation sites is 2. The van der Waals surface area contributed by atoms with E-state index in [2.05, 4.69) is 0 Å². The predicted octanol–water partition coefficient (Wildman–Crippen LogP) is 6.10. The minimum atomic E-state index is 0.250. The summed E-state index contributed by atoms with van der Waals surface area (Å²) in [7, 11) is 0. The molecule has 26 heavy (non-hydrogen) atoms. The van der Waals surface area contributed by atoms with Gasteiger partial charge in [0.25, 0.3) is 0 Å². The first-order valence-electron chi connectivity index (χ1n) is 8.51. The number of rotatable bonds is 3. The Hall–Kier alpha value is -3.52. The van der Waals surface area contributed by atoms with Crippen molar-refractivity contribution >= 4 is 0 Å². The van der Waals surface area contributed by atoms with Gasteiger partial charge in [0.1, 0.15) is 11.5 Å². The molecule has 0 atom stereocenters. The van der Waals surface area contributed by atoms with Gasteiger partial charge in [-0.05, 0) is 34.4 Å². The summed E-state index contributed by atoms with van der Waals surface area (Å²) in [6, 6.07) is 30.7. The van der Waals surface area contributed by atoms with Crippen molar-refractivity contribution in [3.05, 3.63) is 97.1 Å². The molecule has 0 amide bonds. The topological polar surface area (TPSA) is 40.5 Å². The van der Waals surface area contributed by atoms with E-state index < -0.39 is 0 Å². The predicted molar refractivity (Wildman–Crippen MR) is 106 cm³/mol. The van der Waals surface area contributed by atoms with Gasteiger partial charge in [0.05, 0.1) is 0 Å². The lowest BCUT2D eigenvalue weighted by atomic mass is 9.89. The first-order chi connectivity index (χ1) is 12.8. The van der Waals surface area contributed by atoms with Crippen LogP contribution in [0.4, 0.5) is 0 Å². The summed E-state index contributed by atoms with van der Waals surface area (Å²) >= 11 is 0. The van der Waals surface area contributed by atoms with E-state index >= 15 is 0 Å². The Labute approximate surface area is 152 Å². The molecule has 0 saturated carbocycles. The van der Waals surface area contributed by atoms with Crippen LogP contribution in [0.3, 0.4) is 0 Å². The van der Waals surface area contributed by atoms with Crippen LogP contribution in [0.25, 0.3) is 33.4 Å². The van der Waals surface area contributed by atoms with Gasteiger partial charge in [-0.25, -0.2) is 0 Å². The minimum absolute atomic E-state index is 0.250. The summed E-state index contributed by atoms with van der Waals surface area (Å²) in [5.74, 6) is 0.500. The molecule has 0 aromatic heterocycles. The molecule has 0 aliphatic rings. The molecule has 0 spiro atoms. The lowest BCUT2D eigenvalue weighted by Gasteiger charge is -2.16. The van der Waals surface area contributed by atoms with Crippen LogP contribution in [0.2, 0.25) is 0 Å². The zero-order chi connectivity index (χ0) is 17.9. The highest BCUT2D eigenvalue weighted by Gasteiger charge is 2.15. The largest absolute Gasteiger partial charge is 0.507 e. The van der Waals surface area contributed by atoms with E-state index in [1.54, 1.807) is 12.1 Å². The zero-order valence-corrected chi connectivity index (χ0v) is 14.1. The molecule has 2 N–H and O–H groups in total. The standard InChI is InChI=1S/C24H18O2/c25-23-15-7-5-13-21(23)19-11-3-1-9-17(19)18-10-2-4-12-20(18)22-14-6-8-16-24(22)26/h1-16,25-26H. The van der Waals surface area contributed by atoms with E-state index in [9.17, 15) is 10.2 Å². The maximum absolute atomic E-state index is 10.3. The summed E-state index contributed by atoms with van der Waals surface area (Å²) in [5.41, 5.74) is 5.49. The van der Waals surface area contributed by atoms with Gasteiger partial charge in [-0.15, -0.1) is 0 Å². The Morgan fingerprint density at radius 1 is 0.308 bits per heavy atom. The first-order valence-corrected chi connectivity index (χ1v) is 8.51. The molecule has 0 bridgehead atoms. The molecule has 0 radical (unpaired) electrons. The Kier molecular flexibility index (Phi) is 4.16. The molecule has 4 rings (SSSR count). The summed E-state index contributed by atoms with van der Waals surface area (Å²) in [4.78, 5) is 0. The molecule has 4 aromatic rings. The van der Waals surface area contributed by atoms with Gasteiger partial charge in [-0.1, -0.05) is 84.9 Å².